The predicted octanol–water partition coefficient (Wildman–Crippen LogP) is 4.02. The maximum Gasteiger partial charge on any atom is 0.233 e. The Bertz CT molecular complexity index is 580. The molecule has 2 aliphatic rings. The van der Waals surface area contributed by atoms with Crippen LogP contribution < -0.4 is 0 Å². The second-order valence-electron chi connectivity index (χ2n) is 5.96. The van der Waals surface area contributed by atoms with Gasteiger partial charge in [0.1, 0.15) is 0 Å². The van der Waals surface area contributed by atoms with E-state index in [0.717, 1.165) is 29.3 Å². The number of hydrogen-bond donors (Lipinski definition) is 0. The number of halogens is 2. The molecule has 112 valence electrons. The van der Waals surface area contributed by atoms with Gasteiger partial charge in [0.2, 0.25) is 11.8 Å². The third kappa shape index (κ3) is 2.64. The van der Waals surface area contributed by atoms with E-state index in [9.17, 15) is 9.59 Å². The van der Waals surface area contributed by atoms with Crippen LogP contribution in [0, 0.1) is 17.8 Å². The minimum Gasteiger partial charge on any atom is -0.278 e. The Balaban J connectivity index is 1.79. The number of benzene rings is 1. The SMILES string of the molecule is CCC1CC2C(=O)N(Cc3ccc(Br)cc3Cl)C(=O)C2C1. The third-order valence-electron chi connectivity index (χ3n) is 4.75. The van der Waals surface area contributed by atoms with E-state index in [-0.39, 0.29) is 30.2 Å². The molecule has 0 N–H and O–H groups in total. The lowest BCUT2D eigenvalue weighted by Gasteiger charge is -2.18. The van der Waals surface area contributed by atoms with Crippen LogP contribution in [0.5, 0.6) is 0 Å². The summed E-state index contributed by atoms with van der Waals surface area (Å²) in [6.45, 7) is 2.41. The van der Waals surface area contributed by atoms with Crippen LogP contribution in [0.3, 0.4) is 0 Å². The van der Waals surface area contributed by atoms with Crippen LogP contribution in [-0.2, 0) is 16.1 Å². The summed E-state index contributed by atoms with van der Waals surface area (Å²) in [5.41, 5.74) is 0.814. The number of rotatable bonds is 3. The summed E-state index contributed by atoms with van der Waals surface area (Å²) in [4.78, 5) is 26.4. The van der Waals surface area contributed by atoms with Crippen LogP contribution in [0.1, 0.15) is 31.7 Å². The number of fused-ring (bicyclic) bond motifs is 1. The zero-order valence-electron chi connectivity index (χ0n) is 11.8. The smallest absolute Gasteiger partial charge is 0.233 e. The molecule has 21 heavy (non-hydrogen) atoms. The van der Waals surface area contributed by atoms with Crippen molar-refractivity contribution in [2.75, 3.05) is 0 Å². The Morgan fingerprint density at radius 2 is 1.86 bits per heavy atom. The molecule has 0 spiro atoms. The first-order valence-corrected chi connectivity index (χ1v) is 8.47. The minimum atomic E-state index is -0.100. The predicted molar refractivity (Wildman–Crippen MR) is 84.7 cm³/mol. The Labute approximate surface area is 137 Å². The summed E-state index contributed by atoms with van der Waals surface area (Å²) in [6, 6.07) is 5.52. The van der Waals surface area contributed by atoms with E-state index >= 15 is 0 Å². The summed E-state index contributed by atoms with van der Waals surface area (Å²) in [7, 11) is 0. The maximum atomic E-state index is 12.5. The van der Waals surface area contributed by atoms with Gasteiger partial charge in [0, 0.05) is 9.50 Å². The van der Waals surface area contributed by atoms with Crippen molar-refractivity contribution in [3.8, 4) is 0 Å². The fourth-order valence-electron chi connectivity index (χ4n) is 3.51. The molecular weight excluding hydrogens is 354 g/mol. The number of carbonyl (C=O) groups is 2. The highest BCUT2D eigenvalue weighted by atomic mass is 79.9. The van der Waals surface area contributed by atoms with Gasteiger partial charge in [-0.1, -0.05) is 46.9 Å². The van der Waals surface area contributed by atoms with Crippen molar-refractivity contribution in [2.45, 2.75) is 32.7 Å². The Morgan fingerprint density at radius 3 is 2.38 bits per heavy atom. The average Bonchev–Trinajstić information content (AvgIpc) is 2.97. The lowest BCUT2D eigenvalue weighted by atomic mass is 10.00. The summed E-state index contributed by atoms with van der Waals surface area (Å²) in [6.07, 6.45) is 2.76. The van der Waals surface area contributed by atoms with Gasteiger partial charge in [-0.05, 0) is 36.5 Å². The van der Waals surface area contributed by atoms with Gasteiger partial charge in [0.05, 0.1) is 18.4 Å². The highest BCUT2D eigenvalue weighted by Gasteiger charge is 2.52. The summed E-state index contributed by atoms with van der Waals surface area (Å²) in [5, 5.41) is 0.577. The molecule has 2 amide bonds. The second kappa shape index (κ2) is 5.73. The van der Waals surface area contributed by atoms with Crippen molar-refractivity contribution in [1.82, 2.24) is 4.90 Å². The molecule has 2 atom stereocenters. The van der Waals surface area contributed by atoms with E-state index in [1.807, 2.05) is 12.1 Å². The van der Waals surface area contributed by atoms with Crippen molar-refractivity contribution < 1.29 is 9.59 Å². The first-order valence-electron chi connectivity index (χ1n) is 7.30. The van der Waals surface area contributed by atoms with E-state index < -0.39 is 0 Å². The van der Waals surface area contributed by atoms with Gasteiger partial charge in [0.15, 0.2) is 0 Å². The molecule has 3 rings (SSSR count). The van der Waals surface area contributed by atoms with Crippen molar-refractivity contribution in [1.29, 1.82) is 0 Å². The van der Waals surface area contributed by atoms with E-state index in [1.54, 1.807) is 6.07 Å². The fourth-order valence-corrected chi connectivity index (χ4v) is 4.24. The van der Waals surface area contributed by atoms with Crippen molar-refractivity contribution in [2.24, 2.45) is 17.8 Å². The molecule has 2 fully saturated rings. The van der Waals surface area contributed by atoms with Gasteiger partial charge in [-0.2, -0.15) is 0 Å². The van der Waals surface area contributed by atoms with Gasteiger partial charge >= 0.3 is 0 Å². The maximum absolute atomic E-state index is 12.5. The van der Waals surface area contributed by atoms with E-state index in [2.05, 4.69) is 22.9 Å². The lowest BCUT2D eigenvalue weighted by molar-refractivity contribution is -0.141. The second-order valence-corrected chi connectivity index (χ2v) is 7.28. The molecule has 0 bridgehead atoms. The van der Waals surface area contributed by atoms with Gasteiger partial charge in [0.25, 0.3) is 0 Å². The quantitative estimate of drug-likeness (QED) is 0.754. The number of likely N-dealkylation sites (tertiary alicyclic amines) is 1. The highest BCUT2D eigenvalue weighted by Crippen LogP contribution is 2.44. The van der Waals surface area contributed by atoms with Crippen molar-refractivity contribution in [3.05, 3.63) is 33.3 Å². The Hall–Kier alpha value is -0.870. The van der Waals surface area contributed by atoms with Crippen LogP contribution >= 0.6 is 27.5 Å². The van der Waals surface area contributed by atoms with Crippen LogP contribution in [0.15, 0.2) is 22.7 Å². The molecule has 1 aromatic rings. The minimum absolute atomic E-state index is 0.0139. The number of imide groups is 1. The molecule has 0 radical (unpaired) electrons. The number of hydrogen-bond acceptors (Lipinski definition) is 2. The summed E-state index contributed by atoms with van der Waals surface area (Å²) < 4.78 is 0.887. The van der Waals surface area contributed by atoms with Crippen molar-refractivity contribution >= 4 is 39.3 Å². The third-order valence-corrected chi connectivity index (χ3v) is 5.59. The summed E-state index contributed by atoms with van der Waals surface area (Å²) >= 11 is 9.55. The van der Waals surface area contributed by atoms with Gasteiger partial charge in [-0.25, -0.2) is 0 Å². The van der Waals surface area contributed by atoms with Crippen LogP contribution in [-0.4, -0.2) is 16.7 Å². The number of nitrogens with zero attached hydrogens (tertiary/aromatic N) is 1. The van der Waals surface area contributed by atoms with Crippen LogP contribution in [0.25, 0.3) is 0 Å². The van der Waals surface area contributed by atoms with Gasteiger partial charge < -0.3 is 0 Å². The topological polar surface area (TPSA) is 37.4 Å². The molecule has 2 unspecified atom stereocenters. The zero-order valence-corrected chi connectivity index (χ0v) is 14.2. The average molecular weight is 371 g/mol. The molecule has 1 aromatic carbocycles. The normalized spacial score (nSPS) is 28.3. The van der Waals surface area contributed by atoms with Crippen molar-refractivity contribution in [3.63, 3.8) is 0 Å². The van der Waals surface area contributed by atoms with E-state index in [0.29, 0.717) is 10.9 Å². The zero-order chi connectivity index (χ0) is 15.1. The number of amides is 2. The molecule has 5 heteroatoms. The molecular formula is C16H17BrClNO2. The first-order chi connectivity index (χ1) is 10.0. The fraction of sp³-hybridized carbons (Fsp3) is 0.500. The molecule has 1 aliphatic carbocycles. The van der Waals surface area contributed by atoms with E-state index in [4.69, 9.17) is 11.6 Å². The number of carbonyl (C=O) groups excluding carboxylic acids is 2. The first kappa shape index (κ1) is 15.0. The molecule has 1 saturated carbocycles. The molecule has 1 saturated heterocycles. The van der Waals surface area contributed by atoms with Crippen LogP contribution in [0.4, 0.5) is 0 Å². The summed E-state index contributed by atoms with van der Waals surface area (Å²) in [5.74, 6) is 0.291. The van der Waals surface area contributed by atoms with Gasteiger partial charge in [-0.3, -0.25) is 14.5 Å². The largest absolute Gasteiger partial charge is 0.278 e. The molecule has 0 aromatic heterocycles. The Morgan fingerprint density at radius 1 is 1.24 bits per heavy atom. The van der Waals surface area contributed by atoms with Crippen LogP contribution in [0.2, 0.25) is 5.02 Å². The lowest BCUT2D eigenvalue weighted by Crippen LogP contribution is -2.31. The standard InChI is InChI=1S/C16H17BrClNO2/c1-2-9-5-12-13(6-9)16(21)19(15(12)20)8-10-3-4-11(17)7-14(10)18/h3-4,7,9,12-13H,2,5-6,8H2,1H3. The van der Waals surface area contributed by atoms with Gasteiger partial charge in [-0.15, -0.1) is 0 Å². The molecule has 3 nitrogen and oxygen atoms in total. The highest BCUT2D eigenvalue weighted by molar-refractivity contribution is 9.10. The Kier molecular flexibility index (Phi) is 4.10. The monoisotopic (exact) mass is 369 g/mol. The molecule has 1 heterocycles. The van der Waals surface area contributed by atoms with E-state index in [1.165, 1.54) is 4.90 Å². The molecule has 1 aliphatic heterocycles.